The van der Waals surface area contributed by atoms with E-state index in [1.54, 1.807) is 11.8 Å². The fourth-order valence-electron chi connectivity index (χ4n) is 2.62. The van der Waals surface area contributed by atoms with E-state index in [1.165, 1.54) is 0 Å². The summed E-state index contributed by atoms with van der Waals surface area (Å²) in [6.45, 7) is 0. The summed E-state index contributed by atoms with van der Waals surface area (Å²) >= 11 is 1.75. The molecule has 1 N–H and O–H groups in total. The third kappa shape index (κ3) is 1.96. The van der Waals surface area contributed by atoms with Crippen molar-refractivity contribution in [1.29, 1.82) is 0 Å². The first kappa shape index (κ1) is 12.3. The lowest BCUT2D eigenvalue weighted by Gasteiger charge is -2.28. The van der Waals surface area contributed by atoms with Crippen LogP contribution in [0.5, 0.6) is 0 Å². The maximum Gasteiger partial charge on any atom is 0.127 e. The van der Waals surface area contributed by atoms with Gasteiger partial charge in [0.1, 0.15) is 5.60 Å². The third-order valence-corrected chi connectivity index (χ3v) is 4.66. The van der Waals surface area contributed by atoms with Gasteiger partial charge in [0, 0.05) is 22.6 Å². The van der Waals surface area contributed by atoms with Crippen molar-refractivity contribution in [3.63, 3.8) is 0 Å². The molecule has 0 fully saturated rings. The Morgan fingerprint density at radius 1 is 1.11 bits per heavy atom. The van der Waals surface area contributed by atoms with Crippen molar-refractivity contribution in [3.05, 3.63) is 65.2 Å². The summed E-state index contributed by atoms with van der Waals surface area (Å²) in [5.41, 5.74) is 1.93. The molecule has 2 aromatic carbocycles. The number of benzene rings is 2. The van der Waals surface area contributed by atoms with Gasteiger partial charge in [-0.2, -0.15) is 0 Å². The number of thioether (sulfide) groups is 1. The van der Waals surface area contributed by atoms with E-state index in [9.17, 15) is 5.11 Å². The van der Waals surface area contributed by atoms with E-state index in [1.807, 2.05) is 42.5 Å². The van der Waals surface area contributed by atoms with Crippen molar-refractivity contribution in [2.75, 3.05) is 0 Å². The van der Waals surface area contributed by atoms with Crippen molar-refractivity contribution < 1.29 is 5.11 Å². The van der Waals surface area contributed by atoms with Gasteiger partial charge in [0.25, 0.3) is 0 Å². The minimum Gasteiger partial charge on any atom is -0.379 e. The Kier molecular flexibility index (Phi) is 3.10. The van der Waals surface area contributed by atoms with Crippen LogP contribution in [-0.4, -0.2) is 5.11 Å². The summed E-state index contributed by atoms with van der Waals surface area (Å²) in [7, 11) is 0. The summed E-state index contributed by atoms with van der Waals surface area (Å²) in [6, 6.07) is 16.0. The first-order chi connectivity index (χ1) is 9.25. The molecule has 2 heteroatoms. The highest BCUT2D eigenvalue weighted by molar-refractivity contribution is 7.98. The molecule has 0 amide bonds. The van der Waals surface area contributed by atoms with E-state index in [0.29, 0.717) is 6.42 Å². The fraction of sp³-hybridized carbons (Fsp3) is 0.176. The molecule has 1 aliphatic rings. The summed E-state index contributed by atoms with van der Waals surface area (Å²) in [5, 5.41) is 11.2. The van der Waals surface area contributed by atoms with Gasteiger partial charge < -0.3 is 5.11 Å². The monoisotopic (exact) mass is 266 g/mol. The van der Waals surface area contributed by atoms with Gasteiger partial charge >= 0.3 is 0 Å². The number of rotatable bonds is 1. The fourth-order valence-corrected chi connectivity index (χ4v) is 3.75. The molecule has 0 aliphatic carbocycles. The molecular weight excluding hydrogens is 252 g/mol. The first-order valence-electron chi connectivity index (χ1n) is 6.22. The molecule has 2 aromatic rings. The molecule has 1 atom stereocenters. The maximum absolute atomic E-state index is 11.2. The van der Waals surface area contributed by atoms with E-state index < -0.39 is 5.60 Å². The largest absolute Gasteiger partial charge is 0.379 e. The van der Waals surface area contributed by atoms with Crippen LogP contribution < -0.4 is 0 Å². The topological polar surface area (TPSA) is 20.2 Å². The predicted molar refractivity (Wildman–Crippen MR) is 78.9 cm³/mol. The van der Waals surface area contributed by atoms with E-state index >= 15 is 0 Å². The zero-order valence-corrected chi connectivity index (χ0v) is 11.3. The first-order valence-corrected chi connectivity index (χ1v) is 7.21. The van der Waals surface area contributed by atoms with Gasteiger partial charge in [0.05, 0.1) is 0 Å². The molecule has 0 unspecified atom stereocenters. The number of aliphatic hydroxyl groups is 1. The zero-order chi connectivity index (χ0) is 13.3. The van der Waals surface area contributed by atoms with Crippen molar-refractivity contribution in [1.82, 2.24) is 0 Å². The van der Waals surface area contributed by atoms with Crippen LogP contribution in [0, 0.1) is 12.3 Å². The van der Waals surface area contributed by atoms with E-state index in [-0.39, 0.29) is 0 Å². The molecule has 1 nitrogen and oxygen atoms in total. The van der Waals surface area contributed by atoms with Gasteiger partial charge in [-0.3, -0.25) is 0 Å². The Morgan fingerprint density at radius 3 is 2.58 bits per heavy atom. The van der Waals surface area contributed by atoms with E-state index in [0.717, 1.165) is 27.3 Å². The summed E-state index contributed by atoms with van der Waals surface area (Å²) in [6.07, 6.45) is 5.79. The lowest BCUT2D eigenvalue weighted by Crippen LogP contribution is -2.27. The number of hydrogen-bond acceptors (Lipinski definition) is 2. The van der Waals surface area contributed by atoms with Crippen LogP contribution in [-0.2, 0) is 11.4 Å². The van der Waals surface area contributed by atoms with Gasteiger partial charge in [-0.15, -0.1) is 24.1 Å². The summed E-state index contributed by atoms with van der Waals surface area (Å²) < 4.78 is 0. The smallest absolute Gasteiger partial charge is 0.127 e. The second-order valence-electron chi connectivity index (χ2n) is 4.68. The molecular formula is C17H14OS. The van der Waals surface area contributed by atoms with Crippen LogP contribution in [0.1, 0.15) is 23.1 Å². The number of fused-ring (bicyclic) bond motifs is 2. The van der Waals surface area contributed by atoms with Crippen LogP contribution in [0.15, 0.2) is 53.4 Å². The third-order valence-electron chi connectivity index (χ3n) is 3.54. The Labute approximate surface area is 117 Å². The molecule has 0 radical (unpaired) electrons. The SMILES string of the molecule is C#CC[C@]1(O)c2ccccc2CSc2ccccc21. The predicted octanol–water partition coefficient (Wildman–Crippen LogP) is 3.55. The molecule has 0 spiro atoms. The number of hydrogen-bond donors (Lipinski definition) is 1. The van der Waals surface area contributed by atoms with Gasteiger partial charge in [-0.25, -0.2) is 0 Å². The summed E-state index contributed by atoms with van der Waals surface area (Å²) in [5.74, 6) is 3.49. The second kappa shape index (κ2) is 4.77. The van der Waals surface area contributed by atoms with Crippen LogP contribution in [0.3, 0.4) is 0 Å². The maximum atomic E-state index is 11.2. The molecule has 19 heavy (non-hydrogen) atoms. The Hall–Kier alpha value is -1.69. The highest BCUT2D eigenvalue weighted by Crippen LogP contribution is 2.44. The van der Waals surface area contributed by atoms with Crippen LogP contribution in [0.25, 0.3) is 0 Å². The molecule has 0 saturated heterocycles. The Morgan fingerprint density at radius 2 is 1.79 bits per heavy atom. The number of terminal acetylenes is 1. The van der Waals surface area contributed by atoms with Crippen molar-refractivity contribution >= 4 is 11.8 Å². The van der Waals surface area contributed by atoms with E-state index in [4.69, 9.17) is 6.42 Å². The highest BCUT2D eigenvalue weighted by Gasteiger charge is 2.36. The molecule has 0 saturated carbocycles. The summed E-state index contributed by atoms with van der Waals surface area (Å²) in [4.78, 5) is 1.11. The lowest BCUT2D eigenvalue weighted by atomic mass is 9.82. The second-order valence-corrected chi connectivity index (χ2v) is 5.70. The molecule has 0 aromatic heterocycles. The Balaban J connectivity index is 2.29. The van der Waals surface area contributed by atoms with Crippen LogP contribution >= 0.6 is 11.8 Å². The van der Waals surface area contributed by atoms with Crippen LogP contribution in [0.4, 0.5) is 0 Å². The van der Waals surface area contributed by atoms with Crippen molar-refractivity contribution in [2.24, 2.45) is 0 Å². The minimum atomic E-state index is -1.08. The van der Waals surface area contributed by atoms with Crippen molar-refractivity contribution in [3.8, 4) is 12.3 Å². The van der Waals surface area contributed by atoms with Gasteiger partial charge in [-0.1, -0.05) is 42.5 Å². The normalized spacial score (nSPS) is 20.8. The van der Waals surface area contributed by atoms with Crippen LogP contribution in [0.2, 0.25) is 0 Å². The molecule has 1 aliphatic heterocycles. The van der Waals surface area contributed by atoms with Gasteiger partial charge in [0.15, 0.2) is 0 Å². The average Bonchev–Trinajstić information content (AvgIpc) is 2.57. The Bertz CT molecular complexity index is 607. The van der Waals surface area contributed by atoms with E-state index in [2.05, 4.69) is 12.0 Å². The minimum absolute atomic E-state index is 0.293. The van der Waals surface area contributed by atoms with Gasteiger partial charge in [-0.05, 0) is 17.2 Å². The zero-order valence-electron chi connectivity index (χ0n) is 10.5. The average molecular weight is 266 g/mol. The molecule has 1 heterocycles. The lowest BCUT2D eigenvalue weighted by molar-refractivity contribution is 0.0834. The van der Waals surface area contributed by atoms with Gasteiger partial charge in [0.2, 0.25) is 0 Å². The molecule has 94 valence electrons. The van der Waals surface area contributed by atoms with Crippen molar-refractivity contribution in [2.45, 2.75) is 22.7 Å². The quantitative estimate of drug-likeness (QED) is 0.797. The standard InChI is InChI=1S/C17H14OS/c1-2-11-17(18)14-8-4-3-7-13(14)12-19-16-10-6-5-9-15(16)17/h1,3-10,18H,11-12H2/t17-/m0/s1. The molecule has 0 bridgehead atoms. The highest BCUT2D eigenvalue weighted by atomic mass is 32.2. The molecule has 3 rings (SSSR count).